The molecule has 0 aliphatic rings. The van der Waals surface area contributed by atoms with Gasteiger partial charge in [-0.3, -0.25) is 0 Å². The number of ether oxygens (including phenoxy) is 6. The Morgan fingerprint density at radius 1 is 0.240 bits per heavy atom. The molecule has 0 bridgehead atoms. The summed E-state index contributed by atoms with van der Waals surface area (Å²) >= 11 is 0. The number of hydrogen-bond acceptors (Lipinski definition) is 9. The van der Waals surface area contributed by atoms with Gasteiger partial charge in [-0.25, -0.2) is 28.1 Å². The van der Waals surface area contributed by atoms with Crippen LogP contribution in [0, 0.1) is 0 Å². The van der Waals surface area contributed by atoms with Crippen LogP contribution in [0.25, 0.3) is 0 Å². The highest BCUT2D eigenvalue weighted by Gasteiger charge is 2.82. The molecule has 0 saturated heterocycles. The van der Waals surface area contributed by atoms with Crippen LogP contribution in [0.3, 0.4) is 0 Å². The van der Waals surface area contributed by atoms with Gasteiger partial charge in [-0.05, 0) is 72.8 Å². The third kappa shape index (κ3) is 10.9. The van der Waals surface area contributed by atoms with Crippen LogP contribution in [0.2, 0.25) is 0 Å². The fourth-order valence-electron chi connectivity index (χ4n) is 6.44. The van der Waals surface area contributed by atoms with E-state index >= 15 is 79.0 Å². The molecule has 3 atom stereocenters. The van der Waals surface area contributed by atoms with Crippen molar-refractivity contribution in [2.45, 2.75) is 53.9 Å². The van der Waals surface area contributed by atoms with Gasteiger partial charge in [0.05, 0.1) is 0 Å². The monoisotopic (exact) mass is 1080 g/mol. The Balaban J connectivity index is 1.43. The lowest BCUT2D eigenvalue weighted by atomic mass is 9.97. The Kier molecular flexibility index (Phi) is 14.5. The van der Waals surface area contributed by atoms with E-state index in [4.69, 9.17) is 14.2 Å². The second kappa shape index (κ2) is 20.0. The molecule has 1 heterocycles. The van der Waals surface area contributed by atoms with E-state index in [2.05, 4.69) is 14.2 Å². The Hall–Kier alpha value is -8.13. The second-order valence-corrected chi connectivity index (χ2v) is 15.3. The van der Waals surface area contributed by atoms with E-state index in [1.165, 1.54) is 91.0 Å². The maximum atomic E-state index is 16.9. The Morgan fingerprint density at radius 3 is 0.653 bits per heavy atom. The van der Waals surface area contributed by atoms with Gasteiger partial charge in [0, 0.05) is 18.2 Å². The average Bonchev–Trinajstić information content (AvgIpc) is 3.32. The minimum atomic E-state index is -7.60. The summed E-state index contributed by atoms with van der Waals surface area (Å²) < 4.78 is 311. The predicted octanol–water partition coefficient (Wildman–Crippen LogP) is 15.4. The minimum Gasteiger partial charge on any atom is -0.457 e. The van der Waals surface area contributed by atoms with E-state index in [1.54, 1.807) is 0 Å². The maximum absolute atomic E-state index is 16.9. The van der Waals surface area contributed by atoms with Gasteiger partial charge in [-0.2, -0.15) is 65.9 Å². The van der Waals surface area contributed by atoms with Crippen LogP contribution < -0.4 is 28.4 Å². The summed E-state index contributed by atoms with van der Waals surface area (Å²) in [5.41, 5.74) is -21.9. The molecule has 0 fully saturated rings. The van der Waals surface area contributed by atoms with Gasteiger partial charge in [-0.1, -0.05) is 72.8 Å². The SMILES string of the molecule is FC(F)(F)C(F)(c1nc(C(F)(C(F)(F)F)C(F)(F)Oc2cccc(Oc3ccccc3)c2)nc(C(F)(C(F)(F)F)C(F)(F)Oc2cccc(Oc3ccccc3)c2)n1)C(F)(F)Oc1cccc(Oc2ccccc2)c1. The van der Waals surface area contributed by atoms with Crippen molar-refractivity contribution in [3.8, 4) is 51.7 Å². The first-order valence-electron chi connectivity index (χ1n) is 20.6. The average molecular weight is 1080 g/mol. The lowest BCUT2D eigenvalue weighted by Gasteiger charge is -2.37. The van der Waals surface area contributed by atoms with E-state index in [-0.39, 0.29) is 17.2 Å². The fraction of sp³-hybridized carbons (Fsp3) is 0.188. The van der Waals surface area contributed by atoms with Crippen LogP contribution in [0.15, 0.2) is 164 Å². The van der Waals surface area contributed by atoms with Crippen molar-refractivity contribution in [1.29, 1.82) is 0 Å². The number of hydrogen-bond donors (Lipinski definition) is 0. The summed E-state index contributed by atoms with van der Waals surface area (Å²) in [6, 6.07) is 27.1. The highest BCUT2D eigenvalue weighted by molar-refractivity contribution is 5.40. The van der Waals surface area contributed by atoms with Crippen LogP contribution in [0.4, 0.5) is 79.0 Å². The first-order valence-corrected chi connectivity index (χ1v) is 20.6. The lowest BCUT2D eigenvalue weighted by Crippen LogP contribution is -2.61. The molecule has 75 heavy (non-hydrogen) atoms. The van der Waals surface area contributed by atoms with Crippen molar-refractivity contribution in [2.24, 2.45) is 0 Å². The Morgan fingerprint density at radius 2 is 0.440 bits per heavy atom. The molecule has 0 N–H and O–H groups in total. The van der Waals surface area contributed by atoms with E-state index in [0.29, 0.717) is 54.6 Å². The van der Waals surface area contributed by atoms with Crippen molar-refractivity contribution in [3.63, 3.8) is 0 Å². The standard InChI is InChI=1S/C48H27F18N3O6/c49-40(43(52,53)54,46(61,62)73-34-22-10-19-31(25-34)70-28-13-4-1-5-14-28)37-67-38(41(50,44(55,56)57)47(63,64)74-35-23-11-20-32(26-35)71-29-15-6-2-7-16-29)69-39(68-37)42(51,45(58,59)60)48(65,66)75-36-24-12-21-33(27-36)72-30-17-8-3-9-18-30/h1-27H. The van der Waals surface area contributed by atoms with Gasteiger partial charge in [0.15, 0.2) is 17.5 Å². The molecule has 7 aromatic rings. The summed E-state index contributed by atoms with van der Waals surface area (Å²) in [5.74, 6) is -19.1. The molecule has 0 saturated carbocycles. The second-order valence-electron chi connectivity index (χ2n) is 15.3. The molecular formula is C48H27F18N3O6. The number of alkyl halides is 18. The van der Waals surface area contributed by atoms with E-state index in [0.717, 1.165) is 18.2 Å². The summed E-state index contributed by atoms with van der Waals surface area (Å²) in [5, 5.41) is 0. The van der Waals surface area contributed by atoms with Gasteiger partial charge in [-0.15, -0.1) is 0 Å². The number of benzene rings is 6. The van der Waals surface area contributed by atoms with Crippen molar-refractivity contribution in [1.82, 2.24) is 15.0 Å². The largest absolute Gasteiger partial charge is 0.457 e. The first-order chi connectivity index (χ1) is 34.9. The van der Waals surface area contributed by atoms with Crippen LogP contribution in [-0.2, 0) is 17.0 Å². The third-order valence-corrected chi connectivity index (χ3v) is 10.0. The quantitative estimate of drug-likeness (QED) is 0.0779. The molecule has 0 aliphatic heterocycles. The molecule has 1 aromatic heterocycles. The van der Waals surface area contributed by atoms with Gasteiger partial charge in [0.1, 0.15) is 51.7 Å². The highest BCUT2D eigenvalue weighted by Crippen LogP contribution is 2.58. The maximum Gasteiger partial charge on any atom is 0.450 e. The molecule has 0 radical (unpaired) electrons. The van der Waals surface area contributed by atoms with Crippen LogP contribution in [0.5, 0.6) is 51.7 Å². The topological polar surface area (TPSA) is 94.1 Å². The molecule has 0 spiro atoms. The van der Waals surface area contributed by atoms with Gasteiger partial charge in [0.25, 0.3) is 0 Å². The van der Waals surface area contributed by atoms with Crippen LogP contribution >= 0.6 is 0 Å². The summed E-state index contributed by atoms with van der Waals surface area (Å²) in [6.45, 7) is 0. The fourth-order valence-corrected chi connectivity index (χ4v) is 6.44. The summed E-state index contributed by atoms with van der Waals surface area (Å²) in [7, 11) is 0. The smallest absolute Gasteiger partial charge is 0.450 e. The zero-order chi connectivity index (χ0) is 54.9. The number of para-hydroxylation sites is 3. The van der Waals surface area contributed by atoms with Crippen LogP contribution in [-0.4, -0.2) is 51.8 Å². The number of aromatic nitrogens is 3. The van der Waals surface area contributed by atoms with Crippen molar-refractivity contribution in [3.05, 3.63) is 181 Å². The number of nitrogens with zero attached hydrogens (tertiary/aromatic N) is 3. The Bertz CT molecular complexity index is 2740. The van der Waals surface area contributed by atoms with Crippen molar-refractivity contribution >= 4 is 0 Å². The molecule has 0 amide bonds. The van der Waals surface area contributed by atoms with E-state index < -0.39 is 106 Å². The predicted molar refractivity (Wildman–Crippen MR) is 222 cm³/mol. The summed E-state index contributed by atoms with van der Waals surface area (Å²) in [6.07, 6.45) is -43.6. The molecule has 27 heteroatoms. The minimum absolute atomic E-state index is 0.0801. The van der Waals surface area contributed by atoms with Crippen LogP contribution in [0.1, 0.15) is 17.5 Å². The highest BCUT2D eigenvalue weighted by atomic mass is 19.4. The lowest BCUT2D eigenvalue weighted by molar-refractivity contribution is -0.373. The molecule has 396 valence electrons. The Labute approximate surface area is 408 Å². The first kappa shape index (κ1) is 54.6. The molecule has 0 aliphatic carbocycles. The molecule has 7 rings (SSSR count). The molecular weight excluding hydrogens is 1060 g/mol. The van der Waals surface area contributed by atoms with Gasteiger partial charge in [0.2, 0.25) is 0 Å². The zero-order valence-electron chi connectivity index (χ0n) is 36.7. The van der Waals surface area contributed by atoms with Gasteiger partial charge < -0.3 is 28.4 Å². The third-order valence-electron chi connectivity index (χ3n) is 10.0. The zero-order valence-corrected chi connectivity index (χ0v) is 36.7. The molecule has 9 nitrogen and oxygen atoms in total. The molecule has 6 aromatic carbocycles. The van der Waals surface area contributed by atoms with Crippen molar-refractivity contribution in [2.75, 3.05) is 0 Å². The van der Waals surface area contributed by atoms with Gasteiger partial charge >= 0.3 is 53.9 Å². The number of rotatable bonds is 18. The normalized spacial score (nSPS) is 15.1. The van der Waals surface area contributed by atoms with E-state index in [9.17, 15) is 0 Å². The van der Waals surface area contributed by atoms with E-state index in [1.807, 2.05) is 15.0 Å². The van der Waals surface area contributed by atoms with Crippen molar-refractivity contribution < 1.29 is 107 Å². The molecule has 3 unspecified atom stereocenters. The summed E-state index contributed by atoms with van der Waals surface area (Å²) in [4.78, 5) is 5.61. The number of halogens is 18.